The summed E-state index contributed by atoms with van der Waals surface area (Å²) in [7, 11) is -3.17. The average molecular weight is 377 g/mol. The highest BCUT2D eigenvalue weighted by Crippen LogP contribution is 2.25. The molecule has 24 heavy (non-hydrogen) atoms. The maximum Gasteiger partial charge on any atom is 0.335 e. The third-order valence-electron chi connectivity index (χ3n) is 3.92. The van der Waals surface area contributed by atoms with Gasteiger partial charge in [-0.1, -0.05) is 11.6 Å². The van der Waals surface area contributed by atoms with Crippen molar-refractivity contribution in [1.29, 1.82) is 0 Å². The lowest BCUT2D eigenvalue weighted by Gasteiger charge is -2.38. The van der Waals surface area contributed by atoms with Crippen LogP contribution in [0.5, 0.6) is 5.75 Å². The highest BCUT2D eigenvalue weighted by atomic mass is 35.5. The summed E-state index contributed by atoms with van der Waals surface area (Å²) in [6.07, 6.45) is 1.23. The summed E-state index contributed by atoms with van der Waals surface area (Å²) in [5, 5.41) is 9.15. The molecular weight excluding hydrogens is 356 g/mol. The summed E-state index contributed by atoms with van der Waals surface area (Å²) in [6.45, 7) is 4.66. The first-order chi connectivity index (χ1) is 11.2. The van der Waals surface area contributed by atoms with Crippen LogP contribution >= 0.6 is 11.6 Å². The van der Waals surface area contributed by atoms with E-state index < -0.39 is 16.0 Å². The van der Waals surface area contributed by atoms with Crippen molar-refractivity contribution in [3.05, 3.63) is 28.8 Å². The van der Waals surface area contributed by atoms with Crippen LogP contribution in [0.25, 0.3) is 0 Å². The Morgan fingerprint density at radius 3 is 2.67 bits per heavy atom. The molecule has 1 aliphatic rings. The van der Waals surface area contributed by atoms with E-state index >= 15 is 0 Å². The van der Waals surface area contributed by atoms with E-state index in [4.69, 9.17) is 21.4 Å². The number of carboxylic acids is 1. The van der Waals surface area contributed by atoms with E-state index in [-0.39, 0.29) is 16.6 Å². The van der Waals surface area contributed by atoms with Crippen LogP contribution in [0.4, 0.5) is 0 Å². The molecule has 1 N–H and O–H groups in total. The Kier molecular flexibility index (Phi) is 6.08. The Labute approximate surface area is 146 Å². The Bertz CT molecular complexity index is 710. The molecule has 1 aliphatic heterocycles. The number of benzene rings is 1. The molecule has 0 aromatic heterocycles. The summed E-state index contributed by atoms with van der Waals surface area (Å²) in [5.74, 6) is -0.606. The predicted octanol–water partition coefficient (Wildman–Crippen LogP) is 1.38. The van der Waals surface area contributed by atoms with E-state index in [1.165, 1.54) is 28.8 Å². The molecule has 0 aliphatic carbocycles. The molecule has 134 valence electrons. The van der Waals surface area contributed by atoms with Gasteiger partial charge in [0.2, 0.25) is 10.0 Å². The number of sulfonamides is 1. The number of piperazine rings is 1. The standard InChI is InChI=1S/C15H21ClN2O5S/c1-11-10-17(5-6-18(11)24(2,21)22)7-8-23-14-4-3-12(15(19)20)9-13(14)16/h3-4,9,11H,5-8,10H2,1-2H3,(H,19,20)/t11-/m1/s1. The summed E-state index contributed by atoms with van der Waals surface area (Å²) in [6, 6.07) is 4.26. The molecule has 0 bridgehead atoms. The number of halogens is 1. The first kappa shape index (κ1) is 19.0. The second-order valence-corrected chi connectivity index (χ2v) is 8.16. The Morgan fingerprint density at radius 2 is 2.12 bits per heavy atom. The van der Waals surface area contributed by atoms with Crippen molar-refractivity contribution in [2.24, 2.45) is 0 Å². The first-order valence-corrected chi connectivity index (χ1v) is 9.76. The first-order valence-electron chi connectivity index (χ1n) is 7.53. The second kappa shape index (κ2) is 7.69. The van der Waals surface area contributed by atoms with E-state index in [0.29, 0.717) is 38.5 Å². The molecule has 7 nitrogen and oxygen atoms in total. The smallest absolute Gasteiger partial charge is 0.335 e. The van der Waals surface area contributed by atoms with E-state index in [1.807, 2.05) is 6.92 Å². The number of hydrogen-bond acceptors (Lipinski definition) is 5. The molecular formula is C15H21ClN2O5S. The van der Waals surface area contributed by atoms with Crippen LogP contribution in [-0.2, 0) is 10.0 Å². The average Bonchev–Trinajstić information content (AvgIpc) is 2.47. The molecule has 0 saturated carbocycles. The number of rotatable bonds is 6. The van der Waals surface area contributed by atoms with Gasteiger partial charge in [0.25, 0.3) is 0 Å². The summed E-state index contributed by atoms with van der Waals surface area (Å²) in [5.41, 5.74) is 0.109. The van der Waals surface area contributed by atoms with Gasteiger partial charge in [0.1, 0.15) is 12.4 Å². The van der Waals surface area contributed by atoms with Crippen molar-refractivity contribution >= 4 is 27.6 Å². The molecule has 1 aromatic carbocycles. The summed E-state index contributed by atoms with van der Waals surface area (Å²) in [4.78, 5) is 13.0. The van der Waals surface area contributed by atoms with Gasteiger partial charge in [-0.25, -0.2) is 13.2 Å². The highest BCUT2D eigenvalue weighted by molar-refractivity contribution is 7.88. The second-order valence-electron chi connectivity index (χ2n) is 5.82. The van der Waals surface area contributed by atoms with Gasteiger partial charge in [-0.3, -0.25) is 4.90 Å². The van der Waals surface area contributed by atoms with Crippen molar-refractivity contribution < 1.29 is 23.1 Å². The van der Waals surface area contributed by atoms with Crippen molar-refractivity contribution in [2.45, 2.75) is 13.0 Å². The normalized spacial score (nSPS) is 20.0. The van der Waals surface area contributed by atoms with Crippen LogP contribution in [0.3, 0.4) is 0 Å². The van der Waals surface area contributed by atoms with Crippen molar-refractivity contribution in [2.75, 3.05) is 39.0 Å². The number of hydrogen-bond donors (Lipinski definition) is 1. The zero-order valence-corrected chi connectivity index (χ0v) is 15.2. The van der Waals surface area contributed by atoms with Crippen LogP contribution in [-0.4, -0.2) is 73.8 Å². The Balaban J connectivity index is 1.84. The number of carboxylic acid groups (broad SMARTS) is 1. The van der Waals surface area contributed by atoms with Crippen LogP contribution < -0.4 is 4.74 Å². The van der Waals surface area contributed by atoms with Gasteiger partial charge in [0.15, 0.2) is 0 Å². The molecule has 1 heterocycles. The summed E-state index contributed by atoms with van der Waals surface area (Å²) < 4.78 is 30.4. The Hall–Kier alpha value is -1.35. The minimum atomic E-state index is -3.17. The molecule has 9 heteroatoms. The number of ether oxygens (including phenoxy) is 1. The van der Waals surface area contributed by atoms with Gasteiger partial charge in [0, 0.05) is 32.2 Å². The fraction of sp³-hybridized carbons (Fsp3) is 0.533. The zero-order valence-electron chi connectivity index (χ0n) is 13.6. The molecule has 1 aromatic rings. The van der Waals surface area contributed by atoms with Crippen molar-refractivity contribution in [1.82, 2.24) is 9.21 Å². The monoisotopic (exact) mass is 376 g/mol. The lowest BCUT2D eigenvalue weighted by molar-refractivity contribution is 0.0697. The largest absolute Gasteiger partial charge is 0.491 e. The minimum Gasteiger partial charge on any atom is -0.491 e. The molecule has 0 spiro atoms. The molecule has 1 saturated heterocycles. The van der Waals surface area contributed by atoms with E-state index in [1.54, 1.807) is 0 Å². The number of carbonyl (C=O) groups is 1. The topological polar surface area (TPSA) is 87.2 Å². The van der Waals surface area contributed by atoms with Gasteiger partial charge >= 0.3 is 5.97 Å². The van der Waals surface area contributed by atoms with Gasteiger partial charge in [-0.2, -0.15) is 4.31 Å². The maximum atomic E-state index is 11.6. The summed E-state index contributed by atoms with van der Waals surface area (Å²) >= 11 is 6.01. The molecule has 1 fully saturated rings. The van der Waals surface area contributed by atoms with Crippen LogP contribution in [0.15, 0.2) is 18.2 Å². The predicted molar refractivity (Wildman–Crippen MR) is 91.4 cm³/mol. The van der Waals surface area contributed by atoms with E-state index in [2.05, 4.69) is 4.90 Å². The minimum absolute atomic E-state index is 0.0767. The maximum absolute atomic E-state index is 11.6. The SMILES string of the molecule is C[C@@H]1CN(CCOc2ccc(C(=O)O)cc2Cl)CCN1S(C)(=O)=O. The number of aromatic carboxylic acids is 1. The van der Waals surface area contributed by atoms with Crippen LogP contribution in [0.2, 0.25) is 5.02 Å². The third-order valence-corrected chi connectivity index (χ3v) is 5.61. The van der Waals surface area contributed by atoms with Crippen molar-refractivity contribution in [3.63, 3.8) is 0 Å². The molecule has 0 unspecified atom stereocenters. The van der Waals surface area contributed by atoms with Crippen LogP contribution in [0, 0.1) is 0 Å². The number of nitrogens with zero attached hydrogens (tertiary/aromatic N) is 2. The lowest BCUT2D eigenvalue weighted by Crippen LogP contribution is -2.54. The molecule has 0 radical (unpaired) electrons. The van der Waals surface area contributed by atoms with Gasteiger partial charge in [0.05, 0.1) is 16.8 Å². The zero-order chi connectivity index (χ0) is 17.9. The molecule has 1 atom stereocenters. The molecule has 2 rings (SSSR count). The Morgan fingerprint density at radius 1 is 1.42 bits per heavy atom. The van der Waals surface area contributed by atoms with Crippen molar-refractivity contribution in [3.8, 4) is 5.75 Å². The fourth-order valence-electron chi connectivity index (χ4n) is 2.75. The van der Waals surface area contributed by atoms with E-state index in [9.17, 15) is 13.2 Å². The van der Waals surface area contributed by atoms with Gasteiger partial charge < -0.3 is 9.84 Å². The van der Waals surface area contributed by atoms with E-state index in [0.717, 1.165) is 0 Å². The third kappa shape index (κ3) is 4.83. The highest BCUT2D eigenvalue weighted by Gasteiger charge is 2.29. The van der Waals surface area contributed by atoms with Gasteiger partial charge in [-0.15, -0.1) is 0 Å². The van der Waals surface area contributed by atoms with Crippen LogP contribution in [0.1, 0.15) is 17.3 Å². The fourth-order valence-corrected chi connectivity index (χ4v) is 4.12. The lowest BCUT2D eigenvalue weighted by atomic mass is 10.2. The molecule has 0 amide bonds. The van der Waals surface area contributed by atoms with Gasteiger partial charge in [-0.05, 0) is 25.1 Å². The quantitative estimate of drug-likeness (QED) is 0.807.